The van der Waals surface area contributed by atoms with Crippen LogP contribution in [0.25, 0.3) is 0 Å². The maximum absolute atomic E-state index is 11.7. The second-order valence-electron chi connectivity index (χ2n) is 9.35. The number of hydrogen-bond acceptors (Lipinski definition) is 4. The molecule has 6 nitrogen and oxygen atoms in total. The first-order chi connectivity index (χ1) is 14.9. The maximum atomic E-state index is 11.7. The predicted molar refractivity (Wildman–Crippen MR) is 125 cm³/mol. The zero-order valence-corrected chi connectivity index (χ0v) is 19.7. The van der Waals surface area contributed by atoms with Crippen LogP contribution in [0.1, 0.15) is 63.8 Å². The Morgan fingerprint density at radius 3 is 1.25 bits per heavy atom. The smallest absolute Gasteiger partial charge is 0.407 e. The van der Waals surface area contributed by atoms with Crippen LogP contribution in [0.4, 0.5) is 9.59 Å². The Bertz CT molecular complexity index is 891. The minimum atomic E-state index is -0.518. The second-order valence-corrected chi connectivity index (χ2v) is 9.35. The molecular formula is C26H32N2O4. The summed E-state index contributed by atoms with van der Waals surface area (Å²) in [7, 11) is 0. The Kier molecular flexibility index (Phi) is 8.31. The van der Waals surface area contributed by atoms with Gasteiger partial charge in [-0.3, -0.25) is 0 Å². The molecule has 2 aromatic rings. The molecule has 170 valence electrons. The summed E-state index contributed by atoms with van der Waals surface area (Å²) in [6, 6.07) is 15.4. The van der Waals surface area contributed by atoms with E-state index in [0.29, 0.717) is 13.1 Å². The number of ether oxygens (including phenoxy) is 2. The zero-order valence-electron chi connectivity index (χ0n) is 19.7. The lowest BCUT2D eigenvalue weighted by molar-refractivity contribution is 0.0512. The summed E-state index contributed by atoms with van der Waals surface area (Å²) in [6.45, 7) is 11.7. The monoisotopic (exact) mass is 436 g/mol. The molecule has 0 aliphatic heterocycles. The van der Waals surface area contributed by atoms with E-state index in [0.717, 1.165) is 22.3 Å². The van der Waals surface area contributed by atoms with Crippen LogP contribution in [0, 0.1) is 11.8 Å². The molecule has 0 fully saturated rings. The van der Waals surface area contributed by atoms with E-state index in [1.165, 1.54) is 0 Å². The molecule has 32 heavy (non-hydrogen) atoms. The number of rotatable bonds is 4. The van der Waals surface area contributed by atoms with Crippen LogP contribution in [0.2, 0.25) is 0 Å². The van der Waals surface area contributed by atoms with E-state index in [4.69, 9.17) is 9.47 Å². The van der Waals surface area contributed by atoms with Crippen molar-refractivity contribution in [3.05, 3.63) is 70.8 Å². The van der Waals surface area contributed by atoms with Crippen molar-refractivity contribution in [2.24, 2.45) is 0 Å². The van der Waals surface area contributed by atoms with Crippen LogP contribution in [-0.4, -0.2) is 23.4 Å². The summed E-state index contributed by atoms with van der Waals surface area (Å²) in [5.74, 6) is 6.26. The van der Waals surface area contributed by atoms with Gasteiger partial charge in [-0.2, -0.15) is 0 Å². The summed E-state index contributed by atoms with van der Waals surface area (Å²) in [5.41, 5.74) is 2.64. The van der Waals surface area contributed by atoms with Gasteiger partial charge >= 0.3 is 12.2 Å². The Balaban J connectivity index is 1.85. The molecule has 0 radical (unpaired) electrons. The third kappa shape index (κ3) is 10.0. The fourth-order valence-electron chi connectivity index (χ4n) is 2.53. The third-order valence-corrected chi connectivity index (χ3v) is 3.93. The molecule has 0 unspecified atom stereocenters. The summed E-state index contributed by atoms with van der Waals surface area (Å²) in [4.78, 5) is 23.5. The van der Waals surface area contributed by atoms with Crippen LogP contribution >= 0.6 is 0 Å². The van der Waals surface area contributed by atoms with Crippen molar-refractivity contribution in [1.29, 1.82) is 0 Å². The molecule has 2 aromatic carbocycles. The summed E-state index contributed by atoms with van der Waals surface area (Å²) < 4.78 is 10.5. The molecule has 6 heteroatoms. The fraction of sp³-hybridized carbons (Fsp3) is 0.385. The molecule has 0 aromatic heterocycles. The molecule has 2 rings (SSSR count). The lowest BCUT2D eigenvalue weighted by Gasteiger charge is -2.19. The van der Waals surface area contributed by atoms with Crippen molar-refractivity contribution in [3.63, 3.8) is 0 Å². The van der Waals surface area contributed by atoms with Gasteiger partial charge in [0.2, 0.25) is 0 Å². The van der Waals surface area contributed by atoms with Crippen LogP contribution in [0.5, 0.6) is 0 Å². The standard InChI is InChI=1S/C26H32N2O4/c1-25(2,3)31-23(29)27-17-21-13-9-19(10-14-21)7-8-20-11-15-22(16-12-20)18-28-24(30)32-26(4,5)6/h9-16H,17-18H2,1-6H3,(H,27,29)(H,28,30). The summed E-state index contributed by atoms with van der Waals surface area (Å²) in [5, 5.41) is 5.47. The fourth-order valence-corrected chi connectivity index (χ4v) is 2.53. The van der Waals surface area contributed by atoms with Crippen molar-refractivity contribution in [3.8, 4) is 11.8 Å². The molecule has 0 atom stereocenters. The third-order valence-electron chi connectivity index (χ3n) is 3.93. The van der Waals surface area contributed by atoms with Gasteiger partial charge in [0.05, 0.1) is 0 Å². The van der Waals surface area contributed by atoms with E-state index < -0.39 is 23.4 Å². The van der Waals surface area contributed by atoms with Gasteiger partial charge in [0.15, 0.2) is 0 Å². The van der Waals surface area contributed by atoms with E-state index in [1.54, 1.807) is 0 Å². The van der Waals surface area contributed by atoms with Crippen molar-refractivity contribution in [1.82, 2.24) is 10.6 Å². The molecule has 0 aliphatic carbocycles. The van der Waals surface area contributed by atoms with E-state index in [2.05, 4.69) is 22.5 Å². The average Bonchev–Trinajstić information content (AvgIpc) is 2.68. The highest BCUT2D eigenvalue weighted by atomic mass is 16.6. The van der Waals surface area contributed by atoms with Crippen molar-refractivity contribution < 1.29 is 19.1 Å². The summed E-state index contributed by atoms with van der Waals surface area (Å²) >= 11 is 0. The van der Waals surface area contributed by atoms with E-state index in [1.807, 2.05) is 90.1 Å². The van der Waals surface area contributed by atoms with E-state index in [-0.39, 0.29) is 0 Å². The van der Waals surface area contributed by atoms with Crippen LogP contribution in [0.3, 0.4) is 0 Å². The van der Waals surface area contributed by atoms with Gasteiger partial charge in [-0.15, -0.1) is 0 Å². The predicted octanol–water partition coefficient (Wildman–Crippen LogP) is 5.14. The highest BCUT2D eigenvalue weighted by molar-refractivity contribution is 5.68. The van der Waals surface area contributed by atoms with Crippen molar-refractivity contribution in [2.45, 2.75) is 65.8 Å². The number of alkyl carbamates (subject to hydrolysis) is 2. The molecule has 0 heterocycles. The highest BCUT2D eigenvalue weighted by Crippen LogP contribution is 2.09. The van der Waals surface area contributed by atoms with Crippen LogP contribution < -0.4 is 10.6 Å². The van der Waals surface area contributed by atoms with Gasteiger partial charge in [-0.1, -0.05) is 36.1 Å². The Labute approximate surface area is 190 Å². The maximum Gasteiger partial charge on any atom is 0.407 e. The average molecular weight is 437 g/mol. The van der Waals surface area contributed by atoms with Crippen LogP contribution in [-0.2, 0) is 22.6 Å². The Morgan fingerprint density at radius 1 is 0.656 bits per heavy atom. The number of carbonyl (C=O) groups excluding carboxylic acids is 2. The zero-order chi connectivity index (χ0) is 23.8. The minimum absolute atomic E-state index is 0.390. The summed E-state index contributed by atoms with van der Waals surface area (Å²) in [6.07, 6.45) is -0.878. The molecule has 0 bridgehead atoms. The van der Waals surface area contributed by atoms with Crippen molar-refractivity contribution >= 4 is 12.2 Å². The van der Waals surface area contributed by atoms with Gasteiger partial charge < -0.3 is 20.1 Å². The lowest BCUT2D eigenvalue weighted by Crippen LogP contribution is -2.32. The molecular weight excluding hydrogens is 404 g/mol. The Hall–Kier alpha value is -3.46. The number of amides is 2. The first kappa shape index (κ1) is 24.8. The van der Waals surface area contributed by atoms with Gasteiger partial charge in [0, 0.05) is 24.2 Å². The Morgan fingerprint density at radius 2 is 0.969 bits per heavy atom. The first-order valence-electron chi connectivity index (χ1n) is 10.5. The number of hydrogen-bond donors (Lipinski definition) is 2. The molecule has 0 aliphatic rings. The van der Waals surface area contributed by atoms with Gasteiger partial charge in [-0.25, -0.2) is 9.59 Å². The van der Waals surface area contributed by atoms with E-state index in [9.17, 15) is 9.59 Å². The van der Waals surface area contributed by atoms with E-state index >= 15 is 0 Å². The minimum Gasteiger partial charge on any atom is -0.444 e. The molecule has 2 amide bonds. The largest absolute Gasteiger partial charge is 0.444 e. The first-order valence-corrected chi connectivity index (χ1v) is 10.5. The molecule has 2 N–H and O–H groups in total. The highest BCUT2D eigenvalue weighted by Gasteiger charge is 2.16. The number of carbonyl (C=O) groups is 2. The lowest BCUT2D eigenvalue weighted by atomic mass is 10.1. The quantitative estimate of drug-likeness (QED) is 0.651. The van der Waals surface area contributed by atoms with Gasteiger partial charge in [0.25, 0.3) is 0 Å². The van der Waals surface area contributed by atoms with Crippen molar-refractivity contribution in [2.75, 3.05) is 0 Å². The van der Waals surface area contributed by atoms with Crippen LogP contribution in [0.15, 0.2) is 48.5 Å². The van der Waals surface area contributed by atoms with Gasteiger partial charge in [0.1, 0.15) is 11.2 Å². The topological polar surface area (TPSA) is 76.7 Å². The second kappa shape index (κ2) is 10.7. The van der Waals surface area contributed by atoms with Gasteiger partial charge in [-0.05, 0) is 76.9 Å². The molecule has 0 saturated heterocycles. The SMILES string of the molecule is CC(C)(C)OC(=O)NCc1ccc(C#Cc2ccc(CNC(=O)OC(C)(C)C)cc2)cc1. The number of benzene rings is 2. The normalized spacial score (nSPS) is 11.1. The molecule has 0 spiro atoms. The molecule has 0 saturated carbocycles. The number of nitrogens with one attached hydrogen (secondary N) is 2.